The second-order valence-corrected chi connectivity index (χ2v) is 5.40. The van der Waals surface area contributed by atoms with Gasteiger partial charge in [-0.15, -0.1) is 0 Å². The zero-order valence-electron chi connectivity index (χ0n) is 12.4. The third kappa shape index (κ3) is 3.24. The maximum Gasteiger partial charge on any atom is 0.338 e. The SMILES string of the molecule is CCOC(=O)c1ccc(N(C)C2CCCCC2)c(N)c1. The lowest BCUT2D eigenvalue weighted by molar-refractivity contribution is 0.0526. The van der Waals surface area contributed by atoms with E-state index in [1.807, 2.05) is 6.07 Å². The zero-order valence-corrected chi connectivity index (χ0v) is 12.4. The van der Waals surface area contributed by atoms with Gasteiger partial charge in [0.05, 0.1) is 23.5 Å². The van der Waals surface area contributed by atoms with Crippen molar-refractivity contribution in [2.24, 2.45) is 0 Å². The van der Waals surface area contributed by atoms with Crippen LogP contribution in [0.1, 0.15) is 49.4 Å². The number of rotatable bonds is 4. The molecule has 0 spiro atoms. The summed E-state index contributed by atoms with van der Waals surface area (Å²) in [6.07, 6.45) is 6.35. The molecule has 110 valence electrons. The van der Waals surface area contributed by atoms with E-state index >= 15 is 0 Å². The molecule has 0 heterocycles. The van der Waals surface area contributed by atoms with Crippen LogP contribution in [0.4, 0.5) is 11.4 Å². The van der Waals surface area contributed by atoms with Crippen LogP contribution in [0, 0.1) is 0 Å². The van der Waals surface area contributed by atoms with Crippen molar-refractivity contribution < 1.29 is 9.53 Å². The summed E-state index contributed by atoms with van der Waals surface area (Å²) < 4.78 is 4.99. The van der Waals surface area contributed by atoms with Gasteiger partial charge < -0.3 is 15.4 Å². The average Bonchev–Trinajstić information content (AvgIpc) is 2.47. The molecule has 1 aliphatic carbocycles. The predicted octanol–water partition coefficient (Wildman–Crippen LogP) is 3.21. The Morgan fingerprint density at radius 1 is 1.35 bits per heavy atom. The topological polar surface area (TPSA) is 55.6 Å². The molecule has 1 aromatic rings. The summed E-state index contributed by atoms with van der Waals surface area (Å²) in [5.74, 6) is -0.314. The summed E-state index contributed by atoms with van der Waals surface area (Å²) in [7, 11) is 2.09. The van der Waals surface area contributed by atoms with E-state index in [0.717, 1.165) is 5.69 Å². The van der Waals surface area contributed by atoms with Crippen LogP contribution in [-0.2, 0) is 4.74 Å². The molecule has 1 aromatic carbocycles. The summed E-state index contributed by atoms with van der Waals surface area (Å²) >= 11 is 0. The molecule has 1 fully saturated rings. The zero-order chi connectivity index (χ0) is 14.5. The van der Waals surface area contributed by atoms with E-state index in [1.54, 1.807) is 19.1 Å². The smallest absolute Gasteiger partial charge is 0.338 e. The Morgan fingerprint density at radius 3 is 2.65 bits per heavy atom. The number of benzene rings is 1. The number of esters is 1. The van der Waals surface area contributed by atoms with Crippen LogP contribution in [-0.4, -0.2) is 25.7 Å². The van der Waals surface area contributed by atoms with E-state index in [9.17, 15) is 4.79 Å². The van der Waals surface area contributed by atoms with Crippen molar-refractivity contribution >= 4 is 17.3 Å². The molecule has 4 heteroatoms. The Balaban J connectivity index is 2.14. The number of nitrogens with zero attached hydrogens (tertiary/aromatic N) is 1. The van der Waals surface area contributed by atoms with Gasteiger partial charge in [0.25, 0.3) is 0 Å². The first-order valence-electron chi connectivity index (χ1n) is 7.43. The highest BCUT2D eigenvalue weighted by Gasteiger charge is 2.20. The van der Waals surface area contributed by atoms with E-state index in [4.69, 9.17) is 10.5 Å². The molecule has 2 N–H and O–H groups in total. The van der Waals surface area contributed by atoms with Crippen LogP contribution >= 0.6 is 0 Å². The first-order chi connectivity index (χ1) is 9.63. The van der Waals surface area contributed by atoms with Crippen molar-refractivity contribution in [2.75, 3.05) is 24.3 Å². The molecule has 0 radical (unpaired) electrons. The fourth-order valence-electron chi connectivity index (χ4n) is 2.88. The summed E-state index contributed by atoms with van der Waals surface area (Å²) in [6.45, 7) is 2.18. The van der Waals surface area contributed by atoms with E-state index in [0.29, 0.717) is 23.9 Å². The van der Waals surface area contributed by atoms with Gasteiger partial charge in [-0.05, 0) is 38.0 Å². The largest absolute Gasteiger partial charge is 0.462 e. The number of carbonyl (C=O) groups is 1. The Morgan fingerprint density at radius 2 is 2.05 bits per heavy atom. The van der Waals surface area contributed by atoms with Crippen LogP contribution < -0.4 is 10.6 Å². The second-order valence-electron chi connectivity index (χ2n) is 5.40. The predicted molar refractivity (Wildman–Crippen MR) is 82.1 cm³/mol. The standard InChI is InChI=1S/C16H24N2O2/c1-3-20-16(19)12-9-10-15(14(17)11-12)18(2)13-7-5-4-6-8-13/h9-11,13H,3-8,17H2,1-2H3. The molecule has 0 unspecified atom stereocenters. The highest BCUT2D eigenvalue weighted by atomic mass is 16.5. The van der Waals surface area contributed by atoms with Gasteiger partial charge in [-0.3, -0.25) is 0 Å². The molecule has 0 saturated heterocycles. The minimum absolute atomic E-state index is 0.314. The monoisotopic (exact) mass is 276 g/mol. The highest BCUT2D eigenvalue weighted by Crippen LogP contribution is 2.30. The normalized spacial score (nSPS) is 15.9. The summed E-state index contributed by atoms with van der Waals surface area (Å²) in [6, 6.07) is 5.99. The Bertz CT molecular complexity index is 468. The summed E-state index contributed by atoms with van der Waals surface area (Å²) in [5.41, 5.74) is 8.28. The number of carbonyl (C=O) groups excluding carboxylic acids is 1. The maximum atomic E-state index is 11.7. The molecule has 0 amide bonds. The van der Waals surface area contributed by atoms with Crippen molar-refractivity contribution in [2.45, 2.75) is 45.1 Å². The van der Waals surface area contributed by atoms with Gasteiger partial charge in [0, 0.05) is 13.1 Å². The third-order valence-corrected chi connectivity index (χ3v) is 4.04. The highest BCUT2D eigenvalue weighted by molar-refractivity contribution is 5.92. The first kappa shape index (κ1) is 14.7. The van der Waals surface area contributed by atoms with Crippen LogP contribution in [0.15, 0.2) is 18.2 Å². The van der Waals surface area contributed by atoms with Gasteiger partial charge in [-0.2, -0.15) is 0 Å². The molecule has 4 nitrogen and oxygen atoms in total. The lowest BCUT2D eigenvalue weighted by Gasteiger charge is -2.33. The van der Waals surface area contributed by atoms with E-state index in [2.05, 4.69) is 11.9 Å². The van der Waals surface area contributed by atoms with Crippen LogP contribution in [0.5, 0.6) is 0 Å². The lowest BCUT2D eigenvalue weighted by Crippen LogP contribution is -2.33. The minimum Gasteiger partial charge on any atom is -0.462 e. The minimum atomic E-state index is -0.314. The van der Waals surface area contributed by atoms with Crippen molar-refractivity contribution in [3.8, 4) is 0 Å². The molecule has 0 bridgehead atoms. The van der Waals surface area contributed by atoms with Crippen molar-refractivity contribution in [3.63, 3.8) is 0 Å². The number of nitrogen functional groups attached to an aromatic ring is 1. The van der Waals surface area contributed by atoms with Gasteiger partial charge in [0.15, 0.2) is 0 Å². The lowest BCUT2D eigenvalue weighted by atomic mass is 9.94. The number of ether oxygens (including phenoxy) is 1. The summed E-state index contributed by atoms with van der Waals surface area (Å²) in [4.78, 5) is 13.9. The van der Waals surface area contributed by atoms with Gasteiger partial charge in [-0.25, -0.2) is 4.79 Å². The molecule has 1 aliphatic rings. The Kier molecular flexibility index (Phi) is 4.88. The number of anilines is 2. The molecular formula is C16H24N2O2. The fourth-order valence-corrected chi connectivity index (χ4v) is 2.88. The first-order valence-corrected chi connectivity index (χ1v) is 7.43. The van der Waals surface area contributed by atoms with Crippen molar-refractivity contribution in [1.29, 1.82) is 0 Å². The van der Waals surface area contributed by atoms with Crippen LogP contribution in [0.2, 0.25) is 0 Å². The number of nitrogens with two attached hydrogens (primary N) is 1. The number of hydrogen-bond acceptors (Lipinski definition) is 4. The van der Waals surface area contributed by atoms with Crippen molar-refractivity contribution in [3.05, 3.63) is 23.8 Å². The van der Waals surface area contributed by atoms with Gasteiger partial charge in [-0.1, -0.05) is 19.3 Å². The Hall–Kier alpha value is -1.71. The summed E-state index contributed by atoms with van der Waals surface area (Å²) in [5, 5.41) is 0. The molecule has 0 aliphatic heterocycles. The van der Waals surface area contributed by atoms with E-state index < -0.39 is 0 Å². The van der Waals surface area contributed by atoms with Gasteiger partial charge in [0.2, 0.25) is 0 Å². The second kappa shape index (κ2) is 6.64. The average molecular weight is 276 g/mol. The van der Waals surface area contributed by atoms with Gasteiger partial charge in [0.1, 0.15) is 0 Å². The maximum absolute atomic E-state index is 11.7. The number of hydrogen-bond donors (Lipinski definition) is 1. The molecule has 20 heavy (non-hydrogen) atoms. The van der Waals surface area contributed by atoms with Gasteiger partial charge >= 0.3 is 5.97 Å². The molecule has 1 saturated carbocycles. The quantitative estimate of drug-likeness (QED) is 0.677. The Labute approximate surface area is 120 Å². The third-order valence-electron chi connectivity index (χ3n) is 4.04. The fraction of sp³-hybridized carbons (Fsp3) is 0.562. The molecule has 0 atom stereocenters. The van der Waals surface area contributed by atoms with Crippen LogP contribution in [0.3, 0.4) is 0 Å². The molecular weight excluding hydrogens is 252 g/mol. The van der Waals surface area contributed by atoms with Crippen molar-refractivity contribution in [1.82, 2.24) is 0 Å². The molecule has 2 rings (SSSR count). The van der Waals surface area contributed by atoms with E-state index in [1.165, 1.54) is 32.1 Å². The van der Waals surface area contributed by atoms with Crippen LogP contribution in [0.25, 0.3) is 0 Å². The molecule has 0 aromatic heterocycles. The van der Waals surface area contributed by atoms with E-state index in [-0.39, 0.29) is 5.97 Å².